The van der Waals surface area contributed by atoms with E-state index < -0.39 is 6.04 Å². The van der Waals surface area contributed by atoms with Crippen LogP contribution in [0.25, 0.3) is 10.2 Å². The van der Waals surface area contributed by atoms with Crippen LogP contribution in [0.2, 0.25) is 0 Å². The molecule has 2 heterocycles. The van der Waals surface area contributed by atoms with Crippen molar-refractivity contribution in [3.05, 3.63) is 30.9 Å². The molecule has 102 valence electrons. The van der Waals surface area contributed by atoms with Gasteiger partial charge in [0.2, 0.25) is 11.8 Å². The van der Waals surface area contributed by atoms with E-state index in [1.54, 1.807) is 6.07 Å². The van der Waals surface area contributed by atoms with Gasteiger partial charge < -0.3 is 10.2 Å². The number of nitrogens with zero attached hydrogens (tertiary/aromatic N) is 3. The molecule has 0 bridgehead atoms. The molecular formula is C13H12N4O2S. The first-order valence-electron chi connectivity index (χ1n) is 6.15. The van der Waals surface area contributed by atoms with Crippen LogP contribution in [0.15, 0.2) is 30.9 Å². The largest absolute Gasteiger partial charge is 0.327 e. The molecule has 20 heavy (non-hydrogen) atoms. The molecule has 2 amide bonds. The zero-order valence-corrected chi connectivity index (χ0v) is 11.4. The highest BCUT2D eigenvalue weighted by Crippen LogP contribution is 2.23. The van der Waals surface area contributed by atoms with E-state index in [2.05, 4.69) is 21.5 Å². The Labute approximate surface area is 119 Å². The van der Waals surface area contributed by atoms with E-state index in [4.69, 9.17) is 0 Å². The summed E-state index contributed by atoms with van der Waals surface area (Å²) in [4.78, 5) is 25.2. The molecule has 0 radical (unpaired) electrons. The van der Waals surface area contributed by atoms with Crippen LogP contribution in [0.3, 0.4) is 0 Å². The second kappa shape index (κ2) is 5.01. The van der Waals surface area contributed by atoms with Crippen LogP contribution in [0.4, 0.5) is 5.69 Å². The molecule has 1 N–H and O–H groups in total. The summed E-state index contributed by atoms with van der Waals surface area (Å²) in [6, 6.07) is 5.01. The lowest BCUT2D eigenvalue weighted by Crippen LogP contribution is -2.56. The maximum absolute atomic E-state index is 12.1. The molecule has 1 atom stereocenters. The third kappa shape index (κ3) is 2.16. The highest BCUT2D eigenvalue weighted by molar-refractivity contribution is 7.12. The van der Waals surface area contributed by atoms with E-state index in [-0.39, 0.29) is 11.8 Å². The number of hydrogen-bond donors (Lipinski definition) is 1. The van der Waals surface area contributed by atoms with Crippen molar-refractivity contribution in [2.24, 2.45) is 0 Å². The summed E-state index contributed by atoms with van der Waals surface area (Å²) in [5.41, 5.74) is 1.49. The number of hydrogen-bond acceptors (Lipinski definition) is 5. The van der Waals surface area contributed by atoms with Crippen molar-refractivity contribution in [1.29, 1.82) is 0 Å². The first-order valence-corrected chi connectivity index (χ1v) is 6.92. The molecule has 1 fully saturated rings. The fourth-order valence-electron chi connectivity index (χ4n) is 2.12. The molecule has 0 spiro atoms. The second-order valence-electron chi connectivity index (χ2n) is 4.48. The molecule has 1 saturated heterocycles. The number of carbonyl (C=O) groups is 2. The zero-order valence-electron chi connectivity index (χ0n) is 10.6. The Morgan fingerprint density at radius 1 is 1.50 bits per heavy atom. The van der Waals surface area contributed by atoms with Crippen molar-refractivity contribution in [3.63, 3.8) is 0 Å². The smallest absolute Gasteiger partial charge is 0.247 e. The maximum Gasteiger partial charge on any atom is 0.247 e. The van der Waals surface area contributed by atoms with Crippen LogP contribution >= 0.6 is 11.5 Å². The molecule has 1 aliphatic heterocycles. The van der Waals surface area contributed by atoms with E-state index in [0.717, 1.165) is 10.2 Å². The van der Waals surface area contributed by atoms with Gasteiger partial charge in [-0.15, -0.1) is 5.10 Å². The first-order chi connectivity index (χ1) is 9.69. The Morgan fingerprint density at radius 2 is 2.35 bits per heavy atom. The lowest BCUT2D eigenvalue weighted by Gasteiger charge is -2.38. The summed E-state index contributed by atoms with van der Waals surface area (Å²) < 4.78 is 4.76. The number of aromatic nitrogens is 2. The topological polar surface area (TPSA) is 75.2 Å². The van der Waals surface area contributed by atoms with Crippen LogP contribution in [0.5, 0.6) is 0 Å². The van der Waals surface area contributed by atoms with Crippen LogP contribution in [0.1, 0.15) is 6.42 Å². The minimum absolute atomic E-state index is 0.178. The number of carbonyl (C=O) groups excluding carboxylic acids is 2. The normalized spacial score (nSPS) is 17.6. The number of amides is 2. The van der Waals surface area contributed by atoms with Crippen LogP contribution in [0, 0.1) is 0 Å². The van der Waals surface area contributed by atoms with Gasteiger partial charge in [0.25, 0.3) is 0 Å². The predicted octanol–water partition coefficient (Wildman–Crippen LogP) is 1.42. The fourth-order valence-corrected chi connectivity index (χ4v) is 2.72. The Balaban J connectivity index is 1.72. The van der Waals surface area contributed by atoms with Crippen molar-refractivity contribution < 1.29 is 9.59 Å². The van der Waals surface area contributed by atoms with Gasteiger partial charge in [-0.3, -0.25) is 9.59 Å². The molecular weight excluding hydrogens is 276 g/mol. The molecule has 1 aromatic carbocycles. The molecule has 3 rings (SSSR count). The first kappa shape index (κ1) is 12.7. The number of likely N-dealkylation sites (tertiary alicyclic amines) is 1. The van der Waals surface area contributed by atoms with Crippen LogP contribution < -0.4 is 5.32 Å². The standard InChI is InChI=1S/C13H12N4O2S/c1-2-12(18)17-6-5-10(17)13(19)14-8-3-4-9-11(7-8)20-16-15-9/h2-4,7,10H,1,5-6H2,(H,14,19)/t10-/m1/s1. The number of fused-ring (bicyclic) bond motifs is 1. The van der Waals surface area contributed by atoms with Gasteiger partial charge in [0.15, 0.2) is 0 Å². The molecule has 6 nitrogen and oxygen atoms in total. The third-order valence-electron chi connectivity index (χ3n) is 3.30. The van der Waals surface area contributed by atoms with E-state index >= 15 is 0 Å². The minimum atomic E-state index is -0.407. The summed E-state index contributed by atoms with van der Waals surface area (Å²) in [5, 5.41) is 6.76. The zero-order chi connectivity index (χ0) is 14.1. The Bertz CT molecular complexity index is 696. The highest BCUT2D eigenvalue weighted by Gasteiger charge is 2.36. The average Bonchev–Trinajstić information content (AvgIpc) is 2.84. The molecule has 1 aliphatic rings. The highest BCUT2D eigenvalue weighted by atomic mass is 32.1. The van der Waals surface area contributed by atoms with Gasteiger partial charge in [0.05, 0.1) is 4.70 Å². The Morgan fingerprint density at radius 3 is 3.05 bits per heavy atom. The van der Waals surface area contributed by atoms with Gasteiger partial charge in [0.1, 0.15) is 11.6 Å². The SMILES string of the molecule is C=CC(=O)N1CC[C@@H]1C(=O)Nc1ccc2nnsc2c1. The lowest BCUT2D eigenvalue weighted by molar-refractivity contribution is -0.141. The van der Waals surface area contributed by atoms with Gasteiger partial charge in [-0.25, -0.2) is 0 Å². The molecule has 2 aromatic rings. The van der Waals surface area contributed by atoms with Crippen LogP contribution in [-0.4, -0.2) is 38.9 Å². The van der Waals surface area contributed by atoms with E-state index in [1.807, 2.05) is 12.1 Å². The maximum atomic E-state index is 12.1. The summed E-state index contributed by atoms with van der Waals surface area (Å²) in [6.07, 6.45) is 1.91. The molecule has 0 aliphatic carbocycles. The number of rotatable bonds is 3. The number of benzene rings is 1. The summed E-state index contributed by atoms with van der Waals surface area (Å²) in [7, 11) is 0. The van der Waals surface area contributed by atoms with Crippen molar-refractivity contribution >= 4 is 39.3 Å². The van der Waals surface area contributed by atoms with Gasteiger partial charge in [-0.2, -0.15) is 0 Å². The summed E-state index contributed by atoms with van der Waals surface area (Å²) in [6.45, 7) is 4.03. The van der Waals surface area contributed by atoms with Gasteiger partial charge >= 0.3 is 0 Å². The van der Waals surface area contributed by atoms with Crippen LogP contribution in [-0.2, 0) is 9.59 Å². The quantitative estimate of drug-likeness (QED) is 0.867. The van der Waals surface area contributed by atoms with Gasteiger partial charge in [-0.05, 0) is 42.2 Å². The molecule has 7 heteroatoms. The third-order valence-corrected chi connectivity index (χ3v) is 3.98. The van der Waals surface area contributed by atoms with E-state index in [0.29, 0.717) is 18.7 Å². The lowest BCUT2D eigenvalue weighted by atomic mass is 10.0. The minimum Gasteiger partial charge on any atom is -0.327 e. The summed E-state index contributed by atoms with van der Waals surface area (Å²) >= 11 is 1.28. The van der Waals surface area contributed by atoms with Crippen molar-refractivity contribution in [2.45, 2.75) is 12.5 Å². The molecule has 0 saturated carbocycles. The van der Waals surface area contributed by atoms with Crippen molar-refractivity contribution in [1.82, 2.24) is 14.5 Å². The molecule has 0 unspecified atom stereocenters. The monoisotopic (exact) mass is 288 g/mol. The number of anilines is 1. The fraction of sp³-hybridized carbons (Fsp3) is 0.231. The van der Waals surface area contributed by atoms with Gasteiger partial charge in [-0.1, -0.05) is 11.1 Å². The Kier molecular flexibility index (Phi) is 3.19. The number of nitrogens with one attached hydrogen (secondary N) is 1. The second-order valence-corrected chi connectivity index (χ2v) is 5.27. The van der Waals surface area contributed by atoms with Crippen molar-refractivity contribution in [2.75, 3.05) is 11.9 Å². The predicted molar refractivity (Wildman–Crippen MR) is 76.4 cm³/mol. The molecule has 1 aromatic heterocycles. The van der Waals surface area contributed by atoms with Gasteiger partial charge in [0, 0.05) is 12.2 Å². The Hall–Kier alpha value is -2.28. The van der Waals surface area contributed by atoms with E-state index in [9.17, 15) is 9.59 Å². The van der Waals surface area contributed by atoms with E-state index in [1.165, 1.54) is 22.5 Å². The van der Waals surface area contributed by atoms with Crippen molar-refractivity contribution in [3.8, 4) is 0 Å². The summed E-state index contributed by atoms with van der Waals surface area (Å²) in [5.74, 6) is -0.387. The average molecular weight is 288 g/mol.